The molecule has 2 nitrogen and oxygen atoms in total. The summed E-state index contributed by atoms with van der Waals surface area (Å²) in [7, 11) is 0. The van der Waals surface area contributed by atoms with Crippen molar-refractivity contribution in [3.05, 3.63) is 29.8 Å². The van der Waals surface area contributed by atoms with Gasteiger partial charge in [-0.1, -0.05) is 45.7 Å². The van der Waals surface area contributed by atoms with Gasteiger partial charge in [-0.15, -0.1) is 0 Å². The molecule has 2 heteroatoms. The predicted molar refractivity (Wildman–Crippen MR) is 84.9 cm³/mol. The van der Waals surface area contributed by atoms with Crippen molar-refractivity contribution >= 4 is 0 Å². The molecule has 1 fully saturated rings. The molecule has 0 saturated heterocycles. The first-order valence-corrected chi connectivity index (χ1v) is 7.90. The van der Waals surface area contributed by atoms with Gasteiger partial charge in [-0.25, -0.2) is 0 Å². The van der Waals surface area contributed by atoms with E-state index in [1.54, 1.807) is 0 Å². The Balaban J connectivity index is 2.30. The average molecular weight is 275 g/mol. The van der Waals surface area contributed by atoms with Crippen molar-refractivity contribution in [2.75, 3.05) is 6.61 Å². The standard InChI is InChI=1S/C18H29NO/c1-5-20-15-11-9-14(10-12-15)18(19)13-7-6-8-16(18)17(2,3)4/h9-12,16H,5-8,13,19H2,1-4H3. The summed E-state index contributed by atoms with van der Waals surface area (Å²) in [5.74, 6) is 1.46. The highest BCUT2D eigenvalue weighted by atomic mass is 16.5. The predicted octanol–water partition coefficient (Wildman–Crippen LogP) is 4.48. The molecule has 1 aromatic rings. The van der Waals surface area contributed by atoms with Gasteiger partial charge in [-0.3, -0.25) is 0 Å². The molecule has 2 atom stereocenters. The summed E-state index contributed by atoms with van der Waals surface area (Å²) < 4.78 is 5.53. The van der Waals surface area contributed by atoms with Crippen molar-refractivity contribution in [3.8, 4) is 5.75 Å². The van der Waals surface area contributed by atoms with Crippen LogP contribution in [0.25, 0.3) is 0 Å². The van der Waals surface area contributed by atoms with Crippen molar-refractivity contribution in [2.45, 2.75) is 58.9 Å². The van der Waals surface area contributed by atoms with Crippen molar-refractivity contribution < 1.29 is 4.74 Å². The fourth-order valence-electron chi connectivity index (χ4n) is 3.78. The van der Waals surface area contributed by atoms with Crippen LogP contribution in [0.3, 0.4) is 0 Å². The zero-order valence-electron chi connectivity index (χ0n) is 13.4. The monoisotopic (exact) mass is 275 g/mol. The largest absolute Gasteiger partial charge is 0.494 e. The summed E-state index contributed by atoms with van der Waals surface area (Å²) in [4.78, 5) is 0. The number of ether oxygens (including phenoxy) is 1. The third-order valence-corrected chi connectivity index (χ3v) is 4.70. The number of rotatable bonds is 3. The molecule has 2 unspecified atom stereocenters. The van der Waals surface area contributed by atoms with Crippen LogP contribution in [0.2, 0.25) is 0 Å². The Kier molecular flexibility index (Phi) is 4.43. The number of hydrogen-bond donors (Lipinski definition) is 1. The molecule has 1 aromatic carbocycles. The quantitative estimate of drug-likeness (QED) is 0.883. The van der Waals surface area contributed by atoms with Gasteiger partial charge < -0.3 is 10.5 Å². The SMILES string of the molecule is CCOc1ccc(C2(N)CCCCC2C(C)(C)C)cc1. The molecule has 0 heterocycles. The van der Waals surface area contributed by atoms with Crippen LogP contribution < -0.4 is 10.5 Å². The van der Waals surface area contributed by atoms with E-state index in [0.29, 0.717) is 12.5 Å². The maximum atomic E-state index is 6.89. The lowest BCUT2D eigenvalue weighted by Crippen LogP contribution is -2.51. The normalized spacial score (nSPS) is 27.4. The molecule has 0 bridgehead atoms. The zero-order chi connectivity index (χ0) is 14.8. The van der Waals surface area contributed by atoms with E-state index in [9.17, 15) is 0 Å². The van der Waals surface area contributed by atoms with Crippen LogP contribution in [0.1, 0.15) is 58.9 Å². The first-order chi connectivity index (χ1) is 9.38. The summed E-state index contributed by atoms with van der Waals surface area (Å²) in [6.07, 6.45) is 4.85. The lowest BCUT2D eigenvalue weighted by atomic mass is 9.60. The van der Waals surface area contributed by atoms with E-state index in [1.807, 2.05) is 6.92 Å². The van der Waals surface area contributed by atoms with Crippen LogP contribution in [0, 0.1) is 11.3 Å². The van der Waals surface area contributed by atoms with E-state index in [2.05, 4.69) is 45.0 Å². The van der Waals surface area contributed by atoms with Crippen LogP contribution in [-0.4, -0.2) is 6.61 Å². The summed E-state index contributed by atoms with van der Waals surface area (Å²) in [6.45, 7) is 9.67. The van der Waals surface area contributed by atoms with Crippen molar-refractivity contribution in [3.63, 3.8) is 0 Å². The summed E-state index contributed by atoms with van der Waals surface area (Å²) >= 11 is 0. The second-order valence-electron chi connectivity index (χ2n) is 7.16. The van der Waals surface area contributed by atoms with Gasteiger partial charge in [0.1, 0.15) is 5.75 Å². The fraction of sp³-hybridized carbons (Fsp3) is 0.667. The molecule has 2 rings (SSSR count). The lowest BCUT2D eigenvalue weighted by molar-refractivity contribution is 0.0778. The Morgan fingerprint density at radius 1 is 1.20 bits per heavy atom. The second kappa shape index (κ2) is 5.77. The Labute approximate surface area is 123 Å². The molecule has 112 valence electrons. The number of nitrogens with two attached hydrogens (primary N) is 1. The van der Waals surface area contributed by atoms with E-state index in [1.165, 1.54) is 24.8 Å². The molecule has 0 spiro atoms. The zero-order valence-corrected chi connectivity index (χ0v) is 13.4. The minimum atomic E-state index is -0.193. The van der Waals surface area contributed by atoms with Gasteiger partial charge in [0, 0.05) is 5.54 Å². The summed E-state index contributed by atoms with van der Waals surface area (Å²) in [5.41, 5.74) is 8.21. The molecule has 0 aromatic heterocycles. The summed E-state index contributed by atoms with van der Waals surface area (Å²) in [5, 5.41) is 0. The Bertz CT molecular complexity index is 432. The molecule has 1 aliphatic carbocycles. The Morgan fingerprint density at radius 3 is 2.40 bits per heavy atom. The van der Waals surface area contributed by atoms with E-state index >= 15 is 0 Å². The van der Waals surface area contributed by atoms with Crippen LogP contribution in [-0.2, 0) is 5.54 Å². The van der Waals surface area contributed by atoms with Gasteiger partial charge in [-0.05, 0) is 48.8 Å². The van der Waals surface area contributed by atoms with Crippen molar-refractivity contribution in [1.29, 1.82) is 0 Å². The number of hydrogen-bond acceptors (Lipinski definition) is 2. The molecule has 2 N–H and O–H groups in total. The maximum Gasteiger partial charge on any atom is 0.119 e. The molecule has 20 heavy (non-hydrogen) atoms. The third-order valence-electron chi connectivity index (χ3n) is 4.70. The Hall–Kier alpha value is -1.02. The fourth-order valence-corrected chi connectivity index (χ4v) is 3.78. The Morgan fingerprint density at radius 2 is 1.85 bits per heavy atom. The van der Waals surface area contributed by atoms with Crippen LogP contribution in [0.15, 0.2) is 24.3 Å². The smallest absolute Gasteiger partial charge is 0.119 e. The third kappa shape index (κ3) is 3.01. The van der Waals surface area contributed by atoms with Gasteiger partial charge in [0.15, 0.2) is 0 Å². The minimum Gasteiger partial charge on any atom is -0.494 e. The first kappa shape index (κ1) is 15.4. The van der Waals surface area contributed by atoms with Gasteiger partial charge in [0.25, 0.3) is 0 Å². The highest BCUT2D eigenvalue weighted by molar-refractivity contribution is 5.33. The molecule has 1 aliphatic rings. The lowest BCUT2D eigenvalue weighted by Gasteiger charge is -2.48. The molecule has 0 aliphatic heterocycles. The highest BCUT2D eigenvalue weighted by Crippen LogP contribution is 2.48. The topological polar surface area (TPSA) is 35.2 Å². The maximum absolute atomic E-state index is 6.89. The molecule has 1 saturated carbocycles. The highest BCUT2D eigenvalue weighted by Gasteiger charge is 2.44. The van der Waals surface area contributed by atoms with E-state index in [4.69, 9.17) is 10.5 Å². The molecular formula is C18H29NO. The van der Waals surface area contributed by atoms with Crippen LogP contribution in [0.5, 0.6) is 5.75 Å². The van der Waals surface area contributed by atoms with Crippen LogP contribution in [0.4, 0.5) is 0 Å². The van der Waals surface area contributed by atoms with Crippen molar-refractivity contribution in [2.24, 2.45) is 17.1 Å². The van der Waals surface area contributed by atoms with Crippen LogP contribution >= 0.6 is 0 Å². The molecular weight excluding hydrogens is 246 g/mol. The van der Waals surface area contributed by atoms with E-state index in [-0.39, 0.29) is 11.0 Å². The van der Waals surface area contributed by atoms with Gasteiger partial charge in [0.05, 0.1) is 6.61 Å². The minimum absolute atomic E-state index is 0.193. The van der Waals surface area contributed by atoms with Gasteiger partial charge >= 0.3 is 0 Å². The van der Waals surface area contributed by atoms with Gasteiger partial charge in [0.2, 0.25) is 0 Å². The second-order valence-corrected chi connectivity index (χ2v) is 7.16. The van der Waals surface area contributed by atoms with E-state index < -0.39 is 0 Å². The average Bonchev–Trinajstić information content (AvgIpc) is 2.39. The molecule has 0 radical (unpaired) electrons. The van der Waals surface area contributed by atoms with Gasteiger partial charge in [-0.2, -0.15) is 0 Å². The van der Waals surface area contributed by atoms with Crippen molar-refractivity contribution in [1.82, 2.24) is 0 Å². The summed E-state index contributed by atoms with van der Waals surface area (Å²) in [6, 6.07) is 8.44. The number of benzene rings is 1. The molecule has 0 amide bonds. The van der Waals surface area contributed by atoms with E-state index in [0.717, 1.165) is 12.2 Å². The first-order valence-electron chi connectivity index (χ1n) is 7.90.